The van der Waals surface area contributed by atoms with E-state index in [0.29, 0.717) is 0 Å². The van der Waals surface area contributed by atoms with Gasteiger partial charge in [0.15, 0.2) is 0 Å². The maximum atomic E-state index is 2.50. The second kappa shape index (κ2) is 13.0. The van der Waals surface area contributed by atoms with Crippen LogP contribution in [0.15, 0.2) is 212 Å². The summed E-state index contributed by atoms with van der Waals surface area (Å²) in [5.74, 6) is 0. The van der Waals surface area contributed by atoms with Crippen LogP contribution < -0.4 is 0 Å². The SMILES string of the molecule is c1ccc(-c2c3ccccc3c(-c3ccc4sc5cccc(-c6c7ccccc7c(-n7c8ccccc8c8ccccc87)c7ccccc67)c5c4c3)c3ccccc23)cc1. The molecular weight excluding hydrogens is 743 g/mol. The highest BCUT2D eigenvalue weighted by atomic mass is 32.1. The van der Waals surface area contributed by atoms with Crippen LogP contribution in [0.25, 0.3) is 124 Å². The van der Waals surface area contributed by atoms with Crippen LogP contribution in [0.4, 0.5) is 0 Å². The zero-order valence-electron chi connectivity index (χ0n) is 32.6. The van der Waals surface area contributed by atoms with Gasteiger partial charge in [-0.15, -0.1) is 11.3 Å². The van der Waals surface area contributed by atoms with Gasteiger partial charge >= 0.3 is 0 Å². The molecule has 0 saturated heterocycles. The lowest BCUT2D eigenvalue weighted by Gasteiger charge is -2.20. The minimum absolute atomic E-state index is 1.22. The lowest BCUT2D eigenvalue weighted by atomic mass is 9.85. The zero-order chi connectivity index (χ0) is 39.3. The summed E-state index contributed by atoms with van der Waals surface area (Å²) < 4.78 is 5.10. The summed E-state index contributed by atoms with van der Waals surface area (Å²) in [6.45, 7) is 0. The van der Waals surface area contributed by atoms with Crippen LogP contribution in [-0.4, -0.2) is 4.57 Å². The van der Waals surface area contributed by atoms with Crippen molar-refractivity contribution in [2.75, 3.05) is 0 Å². The number of para-hydroxylation sites is 2. The Kier molecular flexibility index (Phi) is 7.24. The minimum atomic E-state index is 1.22. The number of rotatable bonds is 4. The summed E-state index contributed by atoms with van der Waals surface area (Å²) in [5, 5.41) is 15.2. The quantitative estimate of drug-likeness (QED) is 0.157. The third kappa shape index (κ3) is 4.74. The molecule has 0 spiro atoms. The fourth-order valence-electron chi connectivity index (χ4n) is 10.3. The Morgan fingerprint density at radius 2 is 0.733 bits per heavy atom. The van der Waals surface area contributed by atoms with Crippen LogP contribution >= 0.6 is 11.3 Å². The van der Waals surface area contributed by atoms with Crippen LogP contribution in [-0.2, 0) is 0 Å². The maximum Gasteiger partial charge on any atom is 0.0619 e. The molecule has 0 fully saturated rings. The summed E-state index contributed by atoms with van der Waals surface area (Å²) in [6, 6.07) is 78.7. The maximum absolute atomic E-state index is 2.50. The van der Waals surface area contributed by atoms with Gasteiger partial charge in [0.05, 0.1) is 16.7 Å². The summed E-state index contributed by atoms with van der Waals surface area (Å²) in [4.78, 5) is 0. The van der Waals surface area contributed by atoms with E-state index in [0.717, 1.165) is 0 Å². The molecule has 0 radical (unpaired) electrons. The van der Waals surface area contributed by atoms with Gasteiger partial charge in [-0.2, -0.15) is 0 Å². The van der Waals surface area contributed by atoms with Crippen molar-refractivity contribution >= 4 is 96.4 Å². The van der Waals surface area contributed by atoms with E-state index in [9.17, 15) is 0 Å². The lowest BCUT2D eigenvalue weighted by molar-refractivity contribution is 1.21. The van der Waals surface area contributed by atoms with E-state index in [-0.39, 0.29) is 0 Å². The van der Waals surface area contributed by atoms with E-state index in [2.05, 4.69) is 217 Å². The first kappa shape index (κ1) is 33.5. The van der Waals surface area contributed by atoms with Gasteiger partial charge in [0, 0.05) is 41.7 Å². The van der Waals surface area contributed by atoms with E-state index >= 15 is 0 Å². The molecule has 0 bridgehead atoms. The summed E-state index contributed by atoms with van der Waals surface area (Å²) in [5.41, 5.74) is 11.3. The van der Waals surface area contributed by atoms with Crippen LogP contribution in [0.5, 0.6) is 0 Å². The molecule has 13 aromatic rings. The van der Waals surface area contributed by atoms with Gasteiger partial charge < -0.3 is 4.57 Å². The molecule has 2 heterocycles. The third-order valence-electron chi connectivity index (χ3n) is 12.8. The van der Waals surface area contributed by atoms with Gasteiger partial charge in [-0.05, 0) is 96.0 Å². The highest BCUT2D eigenvalue weighted by molar-refractivity contribution is 7.26. The van der Waals surface area contributed by atoms with Gasteiger partial charge in [0.2, 0.25) is 0 Å². The molecule has 278 valence electrons. The van der Waals surface area contributed by atoms with Gasteiger partial charge in [0.25, 0.3) is 0 Å². The Morgan fingerprint density at radius 1 is 0.283 bits per heavy atom. The predicted molar refractivity (Wildman–Crippen MR) is 260 cm³/mol. The molecule has 11 aromatic carbocycles. The Hall–Kier alpha value is -7.52. The fourth-order valence-corrected chi connectivity index (χ4v) is 11.5. The number of fused-ring (bicyclic) bond motifs is 10. The number of aromatic nitrogens is 1. The van der Waals surface area contributed by atoms with Crippen molar-refractivity contribution in [1.82, 2.24) is 4.57 Å². The van der Waals surface area contributed by atoms with Crippen LogP contribution in [0, 0.1) is 0 Å². The topological polar surface area (TPSA) is 4.93 Å². The van der Waals surface area contributed by atoms with Crippen molar-refractivity contribution in [2.45, 2.75) is 0 Å². The predicted octanol–water partition coefficient (Wildman–Crippen LogP) is 16.8. The molecule has 0 unspecified atom stereocenters. The third-order valence-corrected chi connectivity index (χ3v) is 13.9. The molecule has 2 aromatic heterocycles. The highest BCUT2D eigenvalue weighted by Gasteiger charge is 2.23. The van der Waals surface area contributed by atoms with Gasteiger partial charge in [-0.3, -0.25) is 0 Å². The Bertz CT molecular complexity index is 3720. The van der Waals surface area contributed by atoms with Crippen LogP contribution in [0.3, 0.4) is 0 Å². The minimum Gasteiger partial charge on any atom is -0.308 e. The van der Waals surface area contributed by atoms with Crippen LogP contribution in [0.2, 0.25) is 0 Å². The molecule has 2 heteroatoms. The molecular formula is C58H35NS. The van der Waals surface area contributed by atoms with E-state index < -0.39 is 0 Å². The summed E-state index contributed by atoms with van der Waals surface area (Å²) in [6.07, 6.45) is 0. The van der Waals surface area contributed by atoms with E-state index in [4.69, 9.17) is 0 Å². The standard InChI is InChI=1S/C58H35NS/c1-2-17-36(18-3-1)54-40-21-4-6-23-42(40)55(43-24-7-5-22-41(43)54)37-33-34-52-49(35-37)57-48(29-16-32-53(57)60-52)56-44-25-8-10-27-46(44)58(47-28-11-9-26-45(47)56)59-50-30-14-12-19-38(50)39-20-13-15-31-51(39)59/h1-35H. The Labute approximate surface area is 350 Å². The molecule has 0 aliphatic carbocycles. The van der Waals surface area contributed by atoms with Crippen molar-refractivity contribution in [3.63, 3.8) is 0 Å². The Balaban J connectivity index is 1.12. The van der Waals surface area contributed by atoms with Crippen molar-refractivity contribution in [2.24, 2.45) is 0 Å². The van der Waals surface area contributed by atoms with Gasteiger partial charge in [0.1, 0.15) is 0 Å². The van der Waals surface area contributed by atoms with E-state index in [1.807, 2.05) is 11.3 Å². The van der Waals surface area contributed by atoms with Crippen molar-refractivity contribution in [1.29, 1.82) is 0 Å². The molecule has 0 aliphatic heterocycles. The number of hydrogen-bond acceptors (Lipinski definition) is 1. The first-order valence-electron chi connectivity index (χ1n) is 20.7. The van der Waals surface area contributed by atoms with Gasteiger partial charge in [-0.1, -0.05) is 182 Å². The average molecular weight is 778 g/mol. The molecule has 60 heavy (non-hydrogen) atoms. The molecule has 0 aliphatic rings. The molecule has 1 nitrogen and oxygen atoms in total. The summed E-state index contributed by atoms with van der Waals surface area (Å²) in [7, 11) is 0. The number of benzene rings is 11. The highest BCUT2D eigenvalue weighted by Crippen LogP contribution is 2.50. The number of nitrogens with zero attached hydrogens (tertiary/aromatic N) is 1. The second-order valence-electron chi connectivity index (χ2n) is 15.9. The van der Waals surface area contributed by atoms with Crippen molar-refractivity contribution in [3.05, 3.63) is 212 Å². The number of thiophene rings is 1. The average Bonchev–Trinajstić information content (AvgIpc) is 3.86. The Morgan fingerprint density at radius 3 is 1.28 bits per heavy atom. The normalized spacial score (nSPS) is 12.0. The zero-order valence-corrected chi connectivity index (χ0v) is 33.4. The van der Waals surface area contributed by atoms with Crippen LogP contribution in [0.1, 0.15) is 0 Å². The molecule has 0 saturated carbocycles. The summed E-state index contributed by atoms with van der Waals surface area (Å²) >= 11 is 1.89. The second-order valence-corrected chi connectivity index (χ2v) is 17.0. The van der Waals surface area contributed by atoms with Crippen molar-refractivity contribution in [3.8, 4) is 39.1 Å². The monoisotopic (exact) mass is 777 g/mol. The first-order valence-corrected chi connectivity index (χ1v) is 21.5. The molecule has 13 rings (SSSR count). The smallest absolute Gasteiger partial charge is 0.0619 e. The molecule has 0 amide bonds. The lowest BCUT2D eigenvalue weighted by Crippen LogP contribution is -1.99. The van der Waals surface area contributed by atoms with Gasteiger partial charge in [-0.25, -0.2) is 0 Å². The first-order chi connectivity index (χ1) is 29.8. The molecule has 0 N–H and O–H groups in total. The van der Waals surface area contributed by atoms with Crippen molar-refractivity contribution < 1.29 is 0 Å². The number of hydrogen-bond donors (Lipinski definition) is 0. The molecule has 0 atom stereocenters. The van der Waals surface area contributed by atoms with E-state index in [1.165, 1.54) is 124 Å². The van der Waals surface area contributed by atoms with E-state index in [1.54, 1.807) is 0 Å². The largest absolute Gasteiger partial charge is 0.308 e. The fraction of sp³-hybridized carbons (Fsp3) is 0.